The second kappa shape index (κ2) is 9.60. The lowest BCUT2D eigenvalue weighted by Crippen LogP contribution is -2.15. The fourth-order valence-corrected chi connectivity index (χ4v) is 3.93. The zero-order valence-corrected chi connectivity index (χ0v) is 15.1. The Morgan fingerprint density at radius 1 is 0.654 bits per heavy atom. The standard InChI is InChI=1S/C22H28O4/c23-13-15-25-21-7-3-1-5-19(21)17-9-11-18(12-10-17)20-6-2-4-8-22(20)26-16-14-24/h1-8,17-18,23-24H,9-16H2. The van der Waals surface area contributed by atoms with Gasteiger partial charge in [0.1, 0.15) is 24.7 Å². The average molecular weight is 356 g/mol. The summed E-state index contributed by atoms with van der Waals surface area (Å²) >= 11 is 0. The Kier molecular flexibility index (Phi) is 6.92. The Balaban J connectivity index is 1.67. The third-order valence-corrected chi connectivity index (χ3v) is 5.14. The van der Waals surface area contributed by atoms with Gasteiger partial charge < -0.3 is 19.7 Å². The molecule has 0 saturated heterocycles. The molecule has 3 rings (SSSR count). The summed E-state index contributed by atoms with van der Waals surface area (Å²) < 4.78 is 11.4. The summed E-state index contributed by atoms with van der Waals surface area (Å²) in [5, 5.41) is 18.0. The van der Waals surface area contributed by atoms with Crippen LogP contribution in [-0.2, 0) is 0 Å². The molecule has 1 fully saturated rings. The molecule has 2 N–H and O–H groups in total. The molecule has 0 aromatic heterocycles. The number of hydrogen-bond donors (Lipinski definition) is 2. The summed E-state index contributed by atoms with van der Waals surface area (Å²) in [5.41, 5.74) is 2.51. The number of ether oxygens (including phenoxy) is 2. The summed E-state index contributed by atoms with van der Waals surface area (Å²) in [4.78, 5) is 0. The van der Waals surface area contributed by atoms with Gasteiger partial charge in [-0.25, -0.2) is 0 Å². The van der Waals surface area contributed by atoms with Crippen molar-refractivity contribution in [3.05, 3.63) is 59.7 Å². The third-order valence-electron chi connectivity index (χ3n) is 5.14. The fourth-order valence-electron chi connectivity index (χ4n) is 3.93. The summed E-state index contributed by atoms with van der Waals surface area (Å²) in [5.74, 6) is 2.78. The molecule has 4 heteroatoms. The van der Waals surface area contributed by atoms with Gasteiger partial charge in [-0.15, -0.1) is 0 Å². The predicted molar refractivity (Wildman–Crippen MR) is 102 cm³/mol. The molecular weight excluding hydrogens is 328 g/mol. The Morgan fingerprint density at radius 3 is 1.42 bits per heavy atom. The van der Waals surface area contributed by atoms with Crippen molar-refractivity contribution in [3.8, 4) is 11.5 Å². The molecule has 26 heavy (non-hydrogen) atoms. The van der Waals surface area contributed by atoms with Crippen LogP contribution in [0.3, 0.4) is 0 Å². The molecule has 0 amide bonds. The molecule has 0 bridgehead atoms. The normalized spacial score (nSPS) is 19.9. The van der Waals surface area contributed by atoms with Crippen molar-refractivity contribution in [2.24, 2.45) is 0 Å². The molecule has 1 aliphatic carbocycles. The lowest BCUT2D eigenvalue weighted by molar-refractivity contribution is 0.197. The van der Waals surface area contributed by atoms with E-state index in [1.807, 2.05) is 24.3 Å². The Bertz CT molecular complexity index is 618. The van der Waals surface area contributed by atoms with E-state index in [4.69, 9.17) is 19.7 Å². The number of aliphatic hydroxyl groups excluding tert-OH is 2. The maximum Gasteiger partial charge on any atom is 0.122 e. The Labute approximate surface area is 155 Å². The van der Waals surface area contributed by atoms with Gasteiger partial charge in [0, 0.05) is 0 Å². The summed E-state index contributed by atoms with van der Waals surface area (Å²) in [6.07, 6.45) is 4.44. The van der Waals surface area contributed by atoms with Gasteiger partial charge in [0.05, 0.1) is 13.2 Å². The highest BCUT2D eigenvalue weighted by atomic mass is 16.5. The minimum absolute atomic E-state index is 0.0334. The van der Waals surface area contributed by atoms with Crippen LogP contribution in [0, 0.1) is 0 Å². The molecular formula is C22H28O4. The lowest BCUT2D eigenvalue weighted by Gasteiger charge is -2.30. The highest BCUT2D eigenvalue weighted by Crippen LogP contribution is 2.44. The van der Waals surface area contributed by atoms with Gasteiger partial charge in [0.25, 0.3) is 0 Å². The van der Waals surface area contributed by atoms with Crippen molar-refractivity contribution in [2.45, 2.75) is 37.5 Å². The lowest BCUT2D eigenvalue weighted by atomic mass is 9.76. The van der Waals surface area contributed by atoms with Crippen molar-refractivity contribution < 1.29 is 19.7 Å². The summed E-state index contributed by atoms with van der Waals surface area (Å²) in [6, 6.07) is 16.4. The van der Waals surface area contributed by atoms with E-state index in [9.17, 15) is 0 Å². The maximum absolute atomic E-state index is 9.02. The minimum Gasteiger partial charge on any atom is -0.491 e. The number of benzene rings is 2. The molecule has 1 saturated carbocycles. The predicted octanol–water partition coefficient (Wildman–Crippen LogP) is 3.87. The number of aliphatic hydroxyl groups is 2. The number of hydrogen-bond acceptors (Lipinski definition) is 4. The van der Waals surface area contributed by atoms with Crippen LogP contribution in [0.2, 0.25) is 0 Å². The van der Waals surface area contributed by atoms with E-state index in [2.05, 4.69) is 24.3 Å². The largest absolute Gasteiger partial charge is 0.491 e. The first-order chi connectivity index (χ1) is 12.8. The Morgan fingerprint density at radius 2 is 1.04 bits per heavy atom. The van der Waals surface area contributed by atoms with Crippen LogP contribution in [0.15, 0.2) is 48.5 Å². The average Bonchev–Trinajstić information content (AvgIpc) is 2.71. The first-order valence-electron chi connectivity index (χ1n) is 9.48. The third kappa shape index (κ3) is 4.57. The van der Waals surface area contributed by atoms with E-state index in [0.29, 0.717) is 25.0 Å². The van der Waals surface area contributed by atoms with Crippen LogP contribution in [0.4, 0.5) is 0 Å². The van der Waals surface area contributed by atoms with Gasteiger partial charge in [-0.3, -0.25) is 0 Å². The van der Waals surface area contributed by atoms with Gasteiger partial charge in [0.2, 0.25) is 0 Å². The number of para-hydroxylation sites is 2. The van der Waals surface area contributed by atoms with Crippen molar-refractivity contribution in [1.29, 1.82) is 0 Å². The van der Waals surface area contributed by atoms with Crippen LogP contribution < -0.4 is 9.47 Å². The monoisotopic (exact) mass is 356 g/mol. The minimum atomic E-state index is 0.0334. The van der Waals surface area contributed by atoms with Crippen molar-refractivity contribution in [1.82, 2.24) is 0 Å². The van der Waals surface area contributed by atoms with Crippen LogP contribution in [0.25, 0.3) is 0 Å². The van der Waals surface area contributed by atoms with Gasteiger partial charge in [-0.1, -0.05) is 36.4 Å². The second-order valence-electron chi connectivity index (χ2n) is 6.77. The maximum atomic E-state index is 9.02. The van der Waals surface area contributed by atoms with Crippen LogP contribution >= 0.6 is 0 Å². The number of rotatable bonds is 8. The van der Waals surface area contributed by atoms with E-state index in [-0.39, 0.29) is 13.2 Å². The van der Waals surface area contributed by atoms with Gasteiger partial charge in [-0.2, -0.15) is 0 Å². The van der Waals surface area contributed by atoms with E-state index in [1.165, 1.54) is 11.1 Å². The molecule has 1 aliphatic rings. The fraction of sp³-hybridized carbons (Fsp3) is 0.455. The molecule has 2 aromatic carbocycles. The highest BCUT2D eigenvalue weighted by Gasteiger charge is 2.26. The molecule has 0 atom stereocenters. The Hall–Kier alpha value is -2.04. The zero-order valence-electron chi connectivity index (χ0n) is 15.1. The highest BCUT2D eigenvalue weighted by molar-refractivity contribution is 5.39. The second-order valence-corrected chi connectivity index (χ2v) is 6.77. The summed E-state index contributed by atoms with van der Waals surface area (Å²) in [6.45, 7) is 0.737. The first kappa shape index (κ1) is 18.7. The molecule has 4 nitrogen and oxygen atoms in total. The molecule has 0 aliphatic heterocycles. The van der Waals surface area contributed by atoms with Crippen molar-refractivity contribution >= 4 is 0 Å². The summed E-state index contributed by atoms with van der Waals surface area (Å²) in [7, 11) is 0. The SMILES string of the molecule is OCCOc1ccccc1C1CCC(c2ccccc2OCCO)CC1. The van der Waals surface area contributed by atoms with E-state index in [0.717, 1.165) is 37.2 Å². The van der Waals surface area contributed by atoms with Crippen LogP contribution in [0.5, 0.6) is 11.5 Å². The van der Waals surface area contributed by atoms with Crippen molar-refractivity contribution in [2.75, 3.05) is 26.4 Å². The van der Waals surface area contributed by atoms with Gasteiger partial charge >= 0.3 is 0 Å². The first-order valence-corrected chi connectivity index (χ1v) is 9.48. The zero-order chi connectivity index (χ0) is 18.2. The van der Waals surface area contributed by atoms with E-state index in [1.54, 1.807) is 0 Å². The quantitative estimate of drug-likeness (QED) is 0.754. The van der Waals surface area contributed by atoms with Crippen LogP contribution in [-0.4, -0.2) is 36.6 Å². The molecule has 2 aromatic rings. The van der Waals surface area contributed by atoms with Crippen LogP contribution in [0.1, 0.15) is 48.6 Å². The van der Waals surface area contributed by atoms with Gasteiger partial charge in [-0.05, 0) is 60.8 Å². The smallest absolute Gasteiger partial charge is 0.122 e. The molecule has 140 valence electrons. The van der Waals surface area contributed by atoms with Gasteiger partial charge in [0.15, 0.2) is 0 Å². The molecule has 0 radical (unpaired) electrons. The molecule has 0 unspecified atom stereocenters. The van der Waals surface area contributed by atoms with E-state index >= 15 is 0 Å². The molecule has 0 heterocycles. The topological polar surface area (TPSA) is 58.9 Å². The molecule has 0 spiro atoms. The van der Waals surface area contributed by atoms with Crippen molar-refractivity contribution in [3.63, 3.8) is 0 Å². The van der Waals surface area contributed by atoms with E-state index < -0.39 is 0 Å².